The number of nitriles is 1. The van der Waals surface area contributed by atoms with E-state index in [0.717, 1.165) is 0 Å². The van der Waals surface area contributed by atoms with Crippen molar-refractivity contribution in [1.82, 2.24) is 4.98 Å². The Morgan fingerprint density at radius 2 is 1.80 bits per heavy atom. The first-order chi connectivity index (χ1) is 12.2. The summed E-state index contributed by atoms with van der Waals surface area (Å²) in [6, 6.07) is 19.4. The number of carbonyl (C=O) groups excluding carboxylic acids is 1. The molecule has 3 rings (SSSR count). The molecule has 0 spiro atoms. The Bertz CT molecular complexity index is 948. The Kier molecular flexibility index (Phi) is 4.93. The van der Waals surface area contributed by atoms with E-state index in [0.29, 0.717) is 27.6 Å². The zero-order chi connectivity index (χ0) is 17.6. The van der Waals surface area contributed by atoms with Gasteiger partial charge in [-0.05, 0) is 48.5 Å². The molecule has 25 heavy (non-hydrogen) atoms. The molecule has 2 aromatic carbocycles. The lowest BCUT2D eigenvalue weighted by Crippen LogP contribution is -2.13. The Balaban J connectivity index is 1.78. The van der Waals surface area contributed by atoms with E-state index in [1.54, 1.807) is 54.6 Å². The fourth-order valence-electron chi connectivity index (χ4n) is 2.21. The van der Waals surface area contributed by atoms with Gasteiger partial charge in [0, 0.05) is 22.6 Å². The number of hydrogen-bond donors (Lipinski definition) is 2. The average Bonchev–Trinajstić information content (AvgIpc) is 2.64. The lowest BCUT2D eigenvalue weighted by atomic mass is 10.2. The van der Waals surface area contributed by atoms with Crippen LogP contribution in [0.25, 0.3) is 0 Å². The van der Waals surface area contributed by atoms with Crippen LogP contribution in [-0.2, 0) is 0 Å². The fourth-order valence-corrected chi connectivity index (χ4v) is 2.33. The minimum absolute atomic E-state index is 0.259. The van der Waals surface area contributed by atoms with Crippen LogP contribution in [0, 0.1) is 11.3 Å². The minimum atomic E-state index is -0.334. The summed E-state index contributed by atoms with van der Waals surface area (Å²) in [5.41, 5.74) is 2.74. The molecule has 0 atom stereocenters. The summed E-state index contributed by atoms with van der Waals surface area (Å²) < 4.78 is 0. The molecule has 0 aliphatic carbocycles. The molecule has 0 unspecified atom stereocenters. The maximum atomic E-state index is 12.3. The van der Waals surface area contributed by atoms with Crippen LogP contribution in [0.15, 0.2) is 66.9 Å². The zero-order valence-corrected chi connectivity index (χ0v) is 13.8. The van der Waals surface area contributed by atoms with Gasteiger partial charge in [0.2, 0.25) is 0 Å². The van der Waals surface area contributed by atoms with Gasteiger partial charge in [-0.3, -0.25) is 9.78 Å². The summed E-state index contributed by atoms with van der Waals surface area (Å²) in [4.78, 5) is 16.4. The van der Waals surface area contributed by atoms with Crippen LogP contribution in [0.1, 0.15) is 16.1 Å². The summed E-state index contributed by atoms with van der Waals surface area (Å²) >= 11 is 5.83. The SMILES string of the molecule is N#Cc1ccccc1Nc1ccnc(C(=O)Nc2ccc(Cl)cc2)c1. The van der Waals surface area contributed by atoms with E-state index in [-0.39, 0.29) is 11.6 Å². The molecule has 3 aromatic rings. The molecular formula is C19H13ClN4O. The van der Waals surface area contributed by atoms with E-state index in [1.807, 2.05) is 6.07 Å². The molecule has 122 valence electrons. The van der Waals surface area contributed by atoms with Crippen LogP contribution in [0.4, 0.5) is 17.1 Å². The first-order valence-corrected chi connectivity index (χ1v) is 7.82. The number of aromatic nitrogens is 1. The molecule has 0 saturated carbocycles. The highest BCUT2D eigenvalue weighted by Gasteiger charge is 2.09. The van der Waals surface area contributed by atoms with Crippen molar-refractivity contribution in [2.45, 2.75) is 0 Å². The third kappa shape index (κ3) is 4.14. The smallest absolute Gasteiger partial charge is 0.274 e. The molecule has 0 aliphatic rings. The van der Waals surface area contributed by atoms with Gasteiger partial charge in [-0.1, -0.05) is 23.7 Å². The molecule has 0 bridgehead atoms. The third-order valence-corrected chi connectivity index (χ3v) is 3.67. The Morgan fingerprint density at radius 1 is 1.04 bits per heavy atom. The van der Waals surface area contributed by atoms with Crippen molar-refractivity contribution in [3.05, 3.63) is 83.1 Å². The normalized spacial score (nSPS) is 9.92. The maximum Gasteiger partial charge on any atom is 0.274 e. The number of carbonyl (C=O) groups is 1. The molecular weight excluding hydrogens is 336 g/mol. The van der Waals surface area contributed by atoms with Crippen molar-refractivity contribution in [2.75, 3.05) is 10.6 Å². The molecule has 0 aliphatic heterocycles. The van der Waals surface area contributed by atoms with Crippen molar-refractivity contribution in [2.24, 2.45) is 0 Å². The number of hydrogen-bond acceptors (Lipinski definition) is 4. The lowest BCUT2D eigenvalue weighted by Gasteiger charge is -2.09. The van der Waals surface area contributed by atoms with Crippen molar-refractivity contribution in [3.8, 4) is 6.07 Å². The van der Waals surface area contributed by atoms with Gasteiger partial charge in [0.25, 0.3) is 5.91 Å². The topological polar surface area (TPSA) is 77.8 Å². The van der Waals surface area contributed by atoms with Crippen LogP contribution < -0.4 is 10.6 Å². The summed E-state index contributed by atoms with van der Waals surface area (Å²) in [6.07, 6.45) is 1.54. The largest absolute Gasteiger partial charge is 0.354 e. The Labute approximate surface area is 149 Å². The highest BCUT2D eigenvalue weighted by Crippen LogP contribution is 2.21. The summed E-state index contributed by atoms with van der Waals surface area (Å²) in [6.45, 7) is 0. The van der Waals surface area contributed by atoms with Gasteiger partial charge in [0.05, 0.1) is 11.3 Å². The second kappa shape index (κ2) is 7.47. The van der Waals surface area contributed by atoms with E-state index in [4.69, 9.17) is 16.9 Å². The fraction of sp³-hybridized carbons (Fsp3) is 0. The second-order valence-corrected chi connectivity index (χ2v) is 5.61. The van der Waals surface area contributed by atoms with E-state index in [9.17, 15) is 4.79 Å². The predicted molar refractivity (Wildman–Crippen MR) is 98.1 cm³/mol. The Hall–Kier alpha value is -3.36. The summed E-state index contributed by atoms with van der Waals surface area (Å²) in [7, 11) is 0. The average molecular weight is 349 g/mol. The number of halogens is 1. The van der Waals surface area contributed by atoms with Gasteiger partial charge < -0.3 is 10.6 Å². The number of rotatable bonds is 4. The molecule has 0 radical (unpaired) electrons. The molecule has 2 N–H and O–H groups in total. The summed E-state index contributed by atoms with van der Waals surface area (Å²) in [5, 5.41) is 15.6. The van der Waals surface area contributed by atoms with E-state index < -0.39 is 0 Å². The highest BCUT2D eigenvalue weighted by molar-refractivity contribution is 6.30. The predicted octanol–water partition coefficient (Wildman–Crippen LogP) is 4.60. The van der Waals surface area contributed by atoms with E-state index >= 15 is 0 Å². The number of nitrogens with one attached hydrogen (secondary N) is 2. The van der Waals surface area contributed by atoms with Crippen molar-refractivity contribution >= 4 is 34.6 Å². The second-order valence-electron chi connectivity index (χ2n) is 5.17. The van der Waals surface area contributed by atoms with Crippen LogP contribution in [-0.4, -0.2) is 10.9 Å². The van der Waals surface area contributed by atoms with E-state index in [2.05, 4.69) is 21.7 Å². The summed E-state index contributed by atoms with van der Waals surface area (Å²) in [5.74, 6) is -0.334. The lowest BCUT2D eigenvalue weighted by molar-refractivity contribution is 0.102. The van der Waals surface area contributed by atoms with Gasteiger partial charge in [0.15, 0.2) is 0 Å². The maximum absolute atomic E-state index is 12.3. The van der Waals surface area contributed by atoms with E-state index in [1.165, 1.54) is 6.20 Å². The standard InChI is InChI=1S/C19H13ClN4O/c20-14-5-7-15(8-6-14)24-19(25)18-11-16(9-10-22-18)23-17-4-2-1-3-13(17)12-21/h1-11H,(H,22,23)(H,24,25). The van der Waals surface area contributed by atoms with Crippen molar-refractivity contribution < 1.29 is 4.79 Å². The monoisotopic (exact) mass is 348 g/mol. The molecule has 1 aromatic heterocycles. The van der Waals surface area contributed by atoms with Crippen molar-refractivity contribution in [1.29, 1.82) is 5.26 Å². The number of amides is 1. The van der Waals surface area contributed by atoms with Crippen molar-refractivity contribution in [3.63, 3.8) is 0 Å². The number of para-hydroxylation sites is 1. The van der Waals surface area contributed by atoms with Crippen LogP contribution >= 0.6 is 11.6 Å². The van der Waals surface area contributed by atoms with Crippen LogP contribution in [0.5, 0.6) is 0 Å². The molecule has 1 amide bonds. The van der Waals surface area contributed by atoms with Gasteiger partial charge >= 0.3 is 0 Å². The van der Waals surface area contributed by atoms with Crippen LogP contribution in [0.3, 0.4) is 0 Å². The molecule has 6 heteroatoms. The quantitative estimate of drug-likeness (QED) is 0.722. The number of nitrogens with zero attached hydrogens (tertiary/aromatic N) is 2. The van der Waals surface area contributed by atoms with Gasteiger partial charge in [-0.2, -0.15) is 5.26 Å². The molecule has 5 nitrogen and oxygen atoms in total. The van der Waals surface area contributed by atoms with Gasteiger partial charge in [-0.15, -0.1) is 0 Å². The number of pyridine rings is 1. The minimum Gasteiger partial charge on any atom is -0.354 e. The third-order valence-electron chi connectivity index (χ3n) is 3.42. The molecule has 0 fully saturated rings. The van der Waals surface area contributed by atoms with Gasteiger partial charge in [-0.25, -0.2) is 0 Å². The highest BCUT2D eigenvalue weighted by atomic mass is 35.5. The number of anilines is 3. The van der Waals surface area contributed by atoms with Gasteiger partial charge in [0.1, 0.15) is 11.8 Å². The first kappa shape index (κ1) is 16.5. The molecule has 1 heterocycles. The zero-order valence-electron chi connectivity index (χ0n) is 13.0. The molecule has 0 saturated heterocycles. The van der Waals surface area contributed by atoms with Crippen LogP contribution in [0.2, 0.25) is 5.02 Å². The Morgan fingerprint density at radius 3 is 2.56 bits per heavy atom. The first-order valence-electron chi connectivity index (χ1n) is 7.45. The number of benzene rings is 2.